The molecule has 116 valence electrons. The molecule has 5 heteroatoms. The van der Waals surface area contributed by atoms with Gasteiger partial charge in [-0.25, -0.2) is 9.37 Å². The van der Waals surface area contributed by atoms with Gasteiger partial charge in [0, 0.05) is 19.0 Å². The van der Waals surface area contributed by atoms with E-state index in [1.165, 1.54) is 6.92 Å². The van der Waals surface area contributed by atoms with E-state index in [0.29, 0.717) is 23.4 Å². The number of hydrogen-bond acceptors (Lipinski definition) is 3. The Hall–Kier alpha value is -2.30. The first kappa shape index (κ1) is 16.1. The molecule has 0 bridgehead atoms. The van der Waals surface area contributed by atoms with Gasteiger partial charge in [0.15, 0.2) is 11.6 Å². The molecule has 0 saturated carbocycles. The van der Waals surface area contributed by atoms with Crippen LogP contribution in [0.1, 0.15) is 42.8 Å². The lowest BCUT2D eigenvalue weighted by molar-refractivity contribution is -0.117. The lowest BCUT2D eigenvalue weighted by Crippen LogP contribution is -2.21. The second-order valence-corrected chi connectivity index (χ2v) is 5.36. The number of Topliss-reactive ketones (excluding diaryl/α,β-unsaturated/α-hetero) is 2. The van der Waals surface area contributed by atoms with Crippen molar-refractivity contribution in [1.82, 2.24) is 9.55 Å². The maximum atomic E-state index is 13.6. The third kappa shape index (κ3) is 2.36. The van der Waals surface area contributed by atoms with E-state index in [2.05, 4.69) is 11.6 Å². The summed E-state index contributed by atoms with van der Waals surface area (Å²) in [6, 6.07) is 0. The van der Waals surface area contributed by atoms with Gasteiger partial charge in [0.2, 0.25) is 0 Å². The molecule has 0 saturated heterocycles. The normalized spacial score (nSPS) is 19.3. The van der Waals surface area contributed by atoms with Crippen LogP contribution in [0, 0.1) is 5.92 Å². The molecule has 0 radical (unpaired) electrons. The molecule has 0 aliphatic heterocycles. The molecule has 1 aromatic heterocycles. The van der Waals surface area contributed by atoms with E-state index in [1.54, 1.807) is 18.5 Å². The van der Waals surface area contributed by atoms with Crippen LogP contribution in [-0.2, 0) is 18.3 Å². The Labute approximate surface area is 129 Å². The number of nitrogens with zero attached hydrogens (tertiary/aromatic N) is 2. The maximum Gasteiger partial charge on any atom is 0.193 e. The monoisotopic (exact) mass is 302 g/mol. The third-order valence-corrected chi connectivity index (χ3v) is 4.03. The second-order valence-electron chi connectivity index (χ2n) is 5.36. The first-order chi connectivity index (χ1) is 10.3. The smallest absolute Gasteiger partial charge is 0.193 e. The number of hydrogen-bond donors (Lipinski definition) is 0. The molecular formula is C17H19FN2O2. The fraction of sp³-hybridized carbons (Fsp3) is 0.353. The van der Waals surface area contributed by atoms with Crippen LogP contribution in [0.4, 0.5) is 4.39 Å². The third-order valence-electron chi connectivity index (χ3n) is 4.03. The Balaban J connectivity index is 2.82. The Morgan fingerprint density at radius 2 is 2.05 bits per heavy atom. The van der Waals surface area contributed by atoms with Crippen LogP contribution < -0.4 is 0 Å². The van der Waals surface area contributed by atoms with E-state index in [1.807, 2.05) is 6.92 Å². The molecule has 0 N–H and O–H groups in total. The quantitative estimate of drug-likeness (QED) is 0.636. The number of aromatic nitrogens is 2. The first-order valence-electron chi connectivity index (χ1n) is 7.18. The van der Waals surface area contributed by atoms with E-state index < -0.39 is 17.5 Å². The van der Waals surface area contributed by atoms with Crippen LogP contribution in [0.25, 0.3) is 5.57 Å². The van der Waals surface area contributed by atoms with Crippen molar-refractivity contribution in [3.05, 3.63) is 47.3 Å². The molecule has 0 aromatic carbocycles. The van der Waals surface area contributed by atoms with Gasteiger partial charge in [-0.15, -0.1) is 0 Å². The van der Waals surface area contributed by atoms with Crippen LogP contribution >= 0.6 is 0 Å². The van der Waals surface area contributed by atoms with Gasteiger partial charge in [-0.2, -0.15) is 0 Å². The van der Waals surface area contributed by atoms with Crippen molar-refractivity contribution in [3.63, 3.8) is 0 Å². The van der Waals surface area contributed by atoms with E-state index in [0.717, 1.165) is 18.0 Å². The Morgan fingerprint density at radius 1 is 1.41 bits per heavy atom. The van der Waals surface area contributed by atoms with Crippen molar-refractivity contribution in [1.29, 1.82) is 0 Å². The van der Waals surface area contributed by atoms with Crippen molar-refractivity contribution in [2.45, 2.75) is 27.2 Å². The Kier molecular flexibility index (Phi) is 4.26. The molecule has 2 rings (SSSR count). The van der Waals surface area contributed by atoms with Gasteiger partial charge in [0.25, 0.3) is 0 Å². The number of rotatable bonds is 3. The van der Waals surface area contributed by atoms with E-state index in [9.17, 15) is 14.0 Å². The van der Waals surface area contributed by atoms with Crippen molar-refractivity contribution in [2.75, 3.05) is 0 Å². The number of carbonyl (C=O) groups excluding carboxylic acids is 2. The van der Waals surface area contributed by atoms with E-state index >= 15 is 0 Å². The summed E-state index contributed by atoms with van der Waals surface area (Å²) >= 11 is 0. The van der Waals surface area contributed by atoms with E-state index in [-0.39, 0.29) is 11.4 Å². The molecule has 1 heterocycles. The average molecular weight is 302 g/mol. The van der Waals surface area contributed by atoms with Gasteiger partial charge in [-0.05, 0) is 31.6 Å². The van der Waals surface area contributed by atoms with Crippen molar-refractivity contribution in [3.8, 4) is 0 Å². The summed E-state index contributed by atoms with van der Waals surface area (Å²) in [6.45, 7) is 8.54. The number of allylic oxidation sites excluding steroid dienone is 5. The topological polar surface area (TPSA) is 52.0 Å². The fourth-order valence-electron chi connectivity index (χ4n) is 2.71. The lowest BCUT2D eigenvalue weighted by Gasteiger charge is -2.09. The lowest BCUT2D eigenvalue weighted by atomic mass is 9.95. The van der Waals surface area contributed by atoms with Gasteiger partial charge >= 0.3 is 0 Å². The van der Waals surface area contributed by atoms with Crippen molar-refractivity contribution in [2.24, 2.45) is 13.0 Å². The zero-order valence-corrected chi connectivity index (χ0v) is 13.2. The first-order valence-corrected chi connectivity index (χ1v) is 7.18. The van der Waals surface area contributed by atoms with Crippen molar-refractivity contribution >= 4 is 17.1 Å². The zero-order chi connectivity index (χ0) is 16.6. The number of ketones is 2. The SMILES string of the molecule is C=C/C(F)=C\C1=C(C)c2c(nc(CC)n2C)C(=O)[C@@H](C)C1=O. The predicted molar refractivity (Wildman–Crippen MR) is 83.1 cm³/mol. The number of fused-ring (bicyclic) bond motifs is 1. The molecule has 1 aromatic rings. The summed E-state index contributed by atoms with van der Waals surface area (Å²) in [5.74, 6) is -1.44. The molecule has 1 aliphatic carbocycles. The van der Waals surface area contributed by atoms with Gasteiger partial charge in [-0.3, -0.25) is 9.59 Å². The standard InChI is InChI=1S/C17H19FN2O2/c1-6-11(18)8-12-9(3)15-14(17(22)10(4)16(12)21)19-13(7-2)20(15)5/h6,8,10H,1,7H2,2-5H3/b11-8+/t10-/m0/s1. The van der Waals surface area contributed by atoms with Gasteiger partial charge in [-0.1, -0.05) is 13.5 Å². The Bertz CT molecular complexity index is 738. The summed E-state index contributed by atoms with van der Waals surface area (Å²) in [4.78, 5) is 29.4. The number of halogens is 1. The summed E-state index contributed by atoms with van der Waals surface area (Å²) in [6.07, 6.45) is 2.84. The molecule has 1 aliphatic rings. The highest BCUT2D eigenvalue weighted by Crippen LogP contribution is 2.32. The molecule has 1 atom stereocenters. The van der Waals surface area contributed by atoms with E-state index in [4.69, 9.17) is 0 Å². The minimum atomic E-state index is -0.875. The summed E-state index contributed by atoms with van der Waals surface area (Å²) in [7, 11) is 1.80. The highest BCUT2D eigenvalue weighted by atomic mass is 19.1. The highest BCUT2D eigenvalue weighted by molar-refractivity contribution is 6.22. The Morgan fingerprint density at radius 3 is 2.59 bits per heavy atom. The second kappa shape index (κ2) is 5.83. The minimum Gasteiger partial charge on any atom is -0.331 e. The maximum absolute atomic E-state index is 13.6. The van der Waals surface area contributed by atoms with Crippen LogP contribution in [-0.4, -0.2) is 21.1 Å². The van der Waals surface area contributed by atoms with Crippen LogP contribution in [0.15, 0.2) is 30.1 Å². The van der Waals surface area contributed by atoms with Crippen LogP contribution in [0.2, 0.25) is 0 Å². The van der Waals surface area contributed by atoms with Gasteiger partial charge < -0.3 is 4.57 Å². The summed E-state index contributed by atoms with van der Waals surface area (Å²) in [5, 5.41) is 0. The molecule has 0 fully saturated rings. The average Bonchev–Trinajstić information content (AvgIpc) is 2.83. The summed E-state index contributed by atoms with van der Waals surface area (Å²) in [5.41, 5.74) is 1.63. The molecule has 0 amide bonds. The van der Waals surface area contributed by atoms with Gasteiger partial charge in [0.05, 0.1) is 11.6 Å². The van der Waals surface area contributed by atoms with Crippen LogP contribution in [0.3, 0.4) is 0 Å². The zero-order valence-electron chi connectivity index (χ0n) is 13.2. The number of carbonyl (C=O) groups is 2. The van der Waals surface area contributed by atoms with Gasteiger partial charge in [0.1, 0.15) is 17.3 Å². The largest absolute Gasteiger partial charge is 0.331 e. The molecule has 22 heavy (non-hydrogen) atoms. The van der Waals surface area contributed by atoms with Crippen LogP contribution in [0.5, 0.6) is 0 Å². The molecule has 0 unspecified atom stereocenters. The minimum absolute atomic E-state index is 0.197. The predicted octanol–water partition coefficient (Wildman–Crippen LogP) is 3.20. The molecule has 4 nitrogen and oxygen atoms in total. The molecular weight excluding hydrogens is 283 g/mol. The molecule has 0 spiro atoms. The van der Waals surface area contributed by atoms with Crippen molar-refractivity contribution < 1.29 is 14.0 Å². The fourth-order valence-corrected chi connectivity index (χ4v) is 2.71. The highest BCUT2D eigenvalue weighted by Gasteiger charge is 2.35. The number of imidazole rings is 1. The number of aryl methyl sites for hydroxylation is 1. The summed E-state index contributed by atoms with van der Waals surface area (Å²) < 4.78 is 15.4.